The minimum atomic E-state index is -0.456. The lowest BCUT2D eigenvalue weighted by atomic mass is 10.1. The molecule has 0 spiro atoms. The van der Waals surface area contributed by atoms with Crippen molar-refractivity contribution in [3.8, 4) is 0 Å². The van der Waals surface area contributed by atoms with Crippen molar-refractivity contribution in [3.05, 3.63) is 70.2 Å². The zero-order valence-electron chi connectivity index (χ0n) is 11.0. The molecule has 0 aliphatic heterocycles. The van der Waals surface area contributed by atoms with Crippen LogP contribution >= 0.6 is 11.6 Å². The minimum absolute atomic E-state index is 0.0712. The molecule has 4 heteroatoms. The van der Waals surface area contributed by atoms with Gasteiger partial charge in [0.25, 0.3) is 0 Å². The van der Waals surface area contributed by atoms with Crippen LogP contribution in [0.4, 0.5) is 0 Å². The fourth-order valence-corrected chi connectivity index (χ4v) is 2.22. The predicted molar refractivity (Wildman–Crippen MR) is 77.6 cm³/mol. The second-order valence-corrected chi connectivity index (χ2v) is 4.83. The van der Waals surface area contributed by atoms with Crippen molar-refractivity contribution < 1.29 is 14.6 Å². The van der Waals surface area contributed by atoms with E-state index in [9.17, 15) is 4.79 Å². The maximum atomic E-state index is 12.0. The summed E-state index contributed by atoms with van der Waals surface area (Å²) in [4.78, 5) is 12.0. The predicted octanol–water partition coefficient (Wildman–Crippen LogP) is 3.75. The Morgan fingerprint density at radius 3 is 2.55 bits per heavy atom. The highest BCUT2D eigenvalue weighted by Gasteiger charge is 2.16. The van der Waals surface area contributed by atoms with Gasteiger partial charge < -0.3 is 9.84 Å². The highest BCUT2D eigenvalue weighted by atomic mass is 35.5. The van der Waals surface area contributed by atoms with Crippen LogP contribution in [0, 0.1) is 0 Å². The normalized spacial score (nSPS) is 11.9. The molecule has 0 saturated carbocycles. The molecule has 0 heterocycles. The van der Waals surface area contributed by atoms with Crippen LogP contribution in [0.3, 0.4) is 0 Å². The number of benzene rings is 2. The van der Waals surface area contributed by atoms with E-state index in [0.29, 0.717) is 16.1 Å². The van der Waals surface area contributed by atoms with E-state index in [-0.39, 0.29) is 12.6 Å². The monoisotopic (exact) mass is 290 g/mol. The summed E-state index contributed by atoms with van der Waals surface area (Å²) in [5.74, 6) is -0.389. The van der Waals surface area contributed by atoms with Gasteiger partial charge in [-0.1, -0.05) is 41.9 Å². The van der Waals surface area contributed by atoms with E-state index in [4.69, 9.17) is 21.4 Å². The van der Waals surface area contributed by atoms with Crippen LogP contribution in [0.5, 0.6) is 0 Å². The first-order chi connectivity index (χ1) is 9.61. The summed E-state index contributed by atoms with van der Waals surface area (Å²) >= 11 is 6.13. The lowest BCUT2D eigenvalue weighted by Crippen LogP contribution is -2.09. The largest absolute Gasteiger partial charge is 0.454 e. The van der Waals surface area contributed by atoms with E-state index >= 15 is 0 Å². The molecule has 0 saturated heterocycles. The molecule has 1 N–H and O–H groups in total. The van der Waals surface area contributed by atoms with E-state index in [1.807, 2.05) is 6.07 Å². The number of hydrogen-bond acceptors (Lipinski definition) is 3. The van der Waals surface area contributed by atoms with Gasteiger partial charge in [-0.25, -0.2) is 4.79 Å². The van der Waals surface area contributed by atoms with Crippen molar-refractivity contribution in [2.75, 3.05) is 0 Å². The number of esters is 1. The summed E-state index contributed by atoms with van der Waals surface area (Å²) in [5, 5.41) is 9.52. The lowest BCUT2D eigenvalue weighted by molar-refractivity contribution is 0.0338. The molecule has 0 fully saturated rings. The van der Waals surface area contributed by atoms with E-state index in [1.165, 1.54) is 0 Å². The third-order valence-corrected chi connectivity index (χ3v) is 3.31. The van der Waals surface area contributed by atoms with Crippen molar-refractivity contribution in [2.24, 2.45) is 0 Å². The quantitative estimate of drug-likeness (QED) is 0.872. The average molecular weight is 291 g/mol. The summed E-state index contributed by atoms with van der Waals surface area (Å²) in [7, 11) is 0. The zero-order valence-corrected chi connectivity index (χ0v) is 11.8. The Morgan fingerprint density at radius 1 is 1.25 bits per heavy atom. The highest BCUT2D eigenvalue weighted by molar-refractivity contribution is 6.31. The minimum Gasteiger partial charge on any atom is -0.454 e. The highest BCUT2D eigenvalue weighted by Crippen LogP contribution is 2.27. The van der Waals surface area contributed by atoms with Crippen LogP contribution in [0.25, 0.3) is 0 Å². The number of halogens is 1. The molecular formula is C16H15ClO3. The second-order valence-electron chi connectivity index (χ2n) is 4.43. The number of rotatable bonds is 4. The second kappa shape index (κ2) is 6.55. The summed E-state index contributed by atoms with van der Waals surface area (Å²) in [6.45, 7) is 1.69. The molecular weight excluding hydrogens is 276 g/mol. The Balaban J connectivity index is 2.12. The standard InChI is InChI=1S/C16H15ClO3/c1-11(14-8-7-12(10-18)9-15(14)17)20-16(19)13-5-3-2-4-6-13/h2-9,11,18H,10H2,1H3/t11-/m0/s1. The van der Waals surface area contributed by atoms with Crippen LogP contribution in [0.15, 0.2) is 48.5 Å². The van der Waals surface area contributed by atoms with E-state index < -0.39 is 6.10 Å². The first-order valence-corrected chi connectivity index (χ1v) is 6.65. The number of aliphatic hydroxyl groups excluding tert-OH is 1. The molecule has 0 amide bonds. The van der Waals surface area contributed by atoms with Crippen molar-refractivity contribution in [2.45, 2.75) is 19.6 Å². The molecule has 0 aliphatic carbocycles. The van der Waals surface area contributed by atoms with E-state index in [1.54, 1.807) is 49.4 Å². The van der Waals surface area contributed by atoms with Crippen LogP contribution in [0.1, 0.15) is 34.5 Å². The maximum absolute atomic E-state index is 12.0. The van der Waals surface area contributed by atoms with E-state index in [0.717, 1.165) is 5.56 Å². The topological polar surface area (TPSA) is 46.5 Å². The molecule has 3 nitrogen and oxygen atoms in total. The first-order valence-electron chi connectivity index (χ1n) is 6.27. The van der Waals surface area contributed by atoms with Crippen LogP contribution in [-0.2, 0) is 11.3 Å². The molecule has 20 heavy (non-hydrogen) atoms. The van der Waals surface area contributed by atoms with Gasteiger partial charge in [0.15, 0.2) is 0 Å². The summed E-state index contributed by atoms with van der Waals surface area (Å²) in [5.41, 5.74) is 1.94. The molecule has 2 aromatic rings. The molecule has 0 aliphatic rings. The van der Waals surface area contributed by atoms with Gasteiger partial charge in [0.1, 0.15) is 6.10 Å². The molecule has 2 aromatic carbocycles. The van der Waals surface area contributed by atoms with Crippen molar-refractivity contribution in [1.82, 2.24) is 0 Å². The van der Waals surface area contributed by atoms with Gasteiger partial charge >= 0.3 is 5.97 Å². The van der Waals surface area contributed by atoms with Gasteiger partial charge in [-0.05, 0) is 30.7 Å². The third-order valence-electron chi connectivity index (χ3n) is 2.98. The average Bonchev–Trinajstić information content (AvgIpc) is 2.47. The smallest absolute Gasteiger partial charge is 0.338 e. The van der Waals surface area contributed by atoms with Crippen LogP contribution in [-0.4, -0.2) is 11.1 Å². The van der Waals surface area contributed by atoms with Crippen molar-refractivity contribution in [3.63, 3.8) is 0 Å². The summed E-state index contributed by atoms with van der Waals surface area (Å²) in [6.07, 6.45) is -0.456. The maximum Gasteiger partial charge on any atom is 0.338 e. The molecule has 0 aromatic heterocycles. The zero-order chi connectivity index (χ0) is 14.5. The van der Waals surface area contributed by atoms with Crippen molar-refractivity contribution >= 4 is 17.6 Å². The molecule has 2 rings (SSSR count). The molecule has 1 atom stereocenters. The van der Waals surface area contributed by atoms with Crippen LogP contribution in [0.2, 0.25) is 5.02 Å². The Bertz CT molecular complexity index is 596. The van der Waals surface area contributed by atoms with Gasteiger partial charge in [-0.3, -0.25) is 0 Å². The number of ether oxygens (including phenoxy) is 1. The molecule has 0 unspecified atom stereocenters. The van der Waals surface area contributed by atoms with Gasteiger partial charge in [0, 0.05) is 10.6 Å². The molecule has 104 valence electrons. The van der Waals surface area contributed by atoms with Crippen molar-refractivity contribution in [1.29, 1.82) is 0 Å². The van der Waals surface area contributed by atoms with Gasteiger partial charge in [-0.15, -0.1) is 0 Å². The van der Waals surface area contributed by atoms with Crippen LogP contribution < -0.4 is 0 Å². The number of carbonyl (C=O) groups excluding carboxylic acids is 1. The number of carbonyl (C=O) groups is 1. The lowest BCUT2D eigenvalue weighted by Gasteiger charge is -2.15. The summed E-state index contributed by atoms with van der Waals surface area (Å²) < 4.78 is 5.39. The van der Waals surface area contributed by atoms with Gasteiger partial charge in [0.2, 0.25) is 0 Å². The Morgan fingerprint density at radius 2 is 1.95 bits per heavy atom. The van der Waals surface area contributed by atoms with Gasteiger partial charge in [0.05, 0.1) is 12.2 Å². The first kappa shape index (κ1) is 14.6. The number of hydrogen-bond donors (Lipinski definition) is 1. The third kappa shape index (κ3) is 3.38. The fraction of sp³-hybridized carbons (Fsp3) is 0.188. The fourth-order valence-electron chi connectivity index (χ4n) is 1.86. The number of aliphatic hydroxyl groups is 1. The summed E-state index contributed by atoms with van der Waals surface area (Å²) in [6, 6.07) is 14.0. The Kier molecular flexibility index (Phi) is 4.77. The van der Waals surface area contributed by atoms with Gasteiger partial charge in [-0.2, -0.15) is 0 Å². The Hall–Kier alpha value is -1.84. The molecule has 0 radical (unpaired) electrons. The van der Waals surface area contributed by atoms with E-state index in [2.05, 4.69) is 0 Å². The Labute approximate surface area is 122 Å². The molecule has 0 bridgehead atoms. The SMILES string of the molecule is C[C@H](OC(=O)c1ccccc1)c1ccc(CO)cc1Cl.